The SMILES string of the molecule is COc1cccc(Sc2ccccc2/C=N/N=C(N)N)c1. The van der Waals surface area contributed by atoms with E-state index in [1.807, 2.05) is 48.5 Å². The molecule has 0 aliphatic heterocycles. The summed E-state index contributed by atoms with van der Waals surface area (Å²) in [5.41, 5.74) is 11.4. The van der Waals surface area contributed by atoms with Gasteiger partial charge in [0, 0.05) is 15.4 Å². The number of ether oxygens (including phenoxy) is 1. The van der Waals surface area contributed by atoms with Crippen molar-refractivity contribution in [2.45, 2.75) is 9.79 Å². The average Bonchev–Trinajstić information content (AvgIpc) is 2.49. The van der Waals surface area contributed by atoms with E-state index in [1.54, 1.807) is 25.1 Å². The number of benzene rings is 2. The summed E-state index contributed by atoms with van der Waals surface area (Å²) in [4.78, 5) is 2.14. The second kappa shape index (κ2) is 7.35. The second-order valence-corrected chi connectivity index (χ2v) is 5.20. The van der Waals surface area contributed by atoms with Crippen LogP contribution >= 0.6 is 11.8 Å². The third-order valence-corrected chi connectivity index (χ3v) is 3.64. The van der Waals surface area contributed by atoms with Gasteiger partial charge in [0.25, 0.3) is 0 Å². The molecule has 0 amide bonds. The summed E-state index contributed by atoms with van der Waals surface area (Å²) in [5.74, 6) is 0.760. The molecule has 0 spiro atoms. The summed E-state index contributed by atoms with van der Waals surface area (Å²) < 4.78 is 5.23. The summed E-state index contributed by atoms with van der Waals surface area (Å²) in [6.07, 6.45) is 1.63. The summed E-state index contributed by atoms with van der Waals surface area (Å²) >= 11 is 1.62. The van der Waals surface area contributed by atoms with Crippen LogP contribution < -0.4 is 16.2 Å². The molecule has 2 aromatic rings. The van der Waals surface area contributed by atoms with Crippen molar-refractivity contribution in [2.75, 3.05) is 7.11 Å². The van der Waals surface area contributed by atoms with Crippen molar-refractivity contribution in [1.29, 1.82) is 0 Å². The molecule has 5 nitrogen and oxygen atoms in total. The summed E-state index contributed by atoms with van der Waals surface area (Å²) in [7, 11) is 1.65. The normalized spacial score (nSPS) is 10.5. The van der Waals surface area contributed by atoms with E-state index in [1.165, 1.54) is 0 Å². The van der Waals surface area contributed by atoms with Crippen molar-refractivity contribution in [3.05, 3.63) is 54.1 Å². The molecule has 0 radical (unpaired) electrons. The smallest absolute Gasteiger partial charge is 0.211 e. The monoisotopic (exact) mass is 300 g/mol. The lowest BCUT2D eigenvalue weighted by Crippen LogP contribution is -2.21. The van der Waals surface area contributed by atoms with Crippen molar-refractivity contribution in [3.8, 4) is 5.75 Å². The zero-order valence-corrected chi connectivity index (χ0v) is 12.4. The van der Waals surface area contributed by atoms with E-state index in [0.717, 1.165) is 21.1 Å². The third kappa shape index (κ3) is 4.54. The quantitative estimate of drug-likeness (QED) is 0.504. The van der Waals surface area contributed by atoms with Crippen molar-refractivity contribution in [2.24, 2.45) is 21.7 Å². The van der Waals surface area contributed by atoms with Crippen LogP contribution in [0.1, 0.15) is 5.56 Å². The minimum Gasteiger partial charge on any atom is -0.497 e. The van der Waals surface area contributed by atoms with E-state index >= 15 is 0 Å². The van der Waals surface area contributed by atoms with Gasteiger partial charge in [0.2, 0.25) is 5.96 Å². The van der Waals surface area contributed by atoms with Crippen LogP contribution in [-0.4, -0.2) is 19.3 Å². The standard InChI is InChI=1S/C15H16N4OS/c1-20-12-6-4-7-13(9-12)21-14-8-3-2-5-11(14)10-18-19-15(16)17/h2-10H,1H3,(H4,16,17,19)/b18-10+. The van der Waals surface area contributed by atoms with E-state index in [2.05, 4.69) is 10.2 Å². The van der Waals surface area contributed by atoms with Crippen LogP contribution in [0.4, 0.5) is 0 Å². The van der Waals surface area contributed by atoms with Gasteiger partial charge < -0.3 is 16.2 Å². The molecule has 21 heavy (non-hydrogen) atoms. The first-order chi connectivity index (χ1) is 10.2. The third-order valence-electron chi connectivity index (χ3n) is 2.56. The molecule has 0 saturated carbocycles. The van der Waals surface area contributed by atoms with Crippen LogP contribution in [0, 0.1) is 0 Å². The highest BCUT2D eigenvalue weighted by atomic mass is 32.2. The summed E-state index contributed by atoms with van der Waals surface area (Å²) in [6.45, 7) is 0. The molecule has 0 bridgehead atoms. The molecular weight excluding hydrogens is 284 g/mol. The van der Waals surface area contributed by atoms with Crippen molar-refractivity contribution in [1.82, 2.24) is 0 Å². The highest BCUT2D eigenvalue weighted by Gasteiger charge is 2.03. The van der Waals surface area contributed by atoms with Crippen molar-refractivity contribution >= 4 is 23.9 Å². The van der Waals surface area contributed by atoms with E-state index in [0.29, 0.717) is 0 Å². The van der Waals surface area contributed by atoms with Crippen LogP contribution in [0.5, 0.6) is 5.75 Å². The Balaban J connectivity index is 2.23. The molecule has 2 rings (SSSR count). The molecule has 108 valence electrons. The Morgan fingerprint density at radius 3 is 2.71 bits per heavy atom. The summed E-state index contributed by atoms with van der Waals surface area (Å²) in [6, 6.07) is 15.8. The predicted octanol–water partition coefficient (Wildman–Crippen LogP) is 2.45. The predicted molar refractivity (Wildman–Crippen MR) is 87.0 cm³/mol. The van der Waals surface area contributed by atoms with Gasteiger partial charge in [-0.2, -0.15) is 5.10 Å². The maximum absolute atomic E-state index is 5.25. The number of hydrogen-bond acceptors (Lipinski definition) is 4. The van der Waals surface area contributed by atoms with Gasteiger partial charge in [0.05, 0.1) is 13.3 Å². The van der Waals surface area contributed by atoms with E-state index in [-0.39, 0.29) is 5.96 Å². The minimum atomic E-state index is -0.0656. The number of guanidine groups is 1. The largest absolute Gasteiger partial charge is 0.497 e. The number of hydrogen-bond donors (Lipinski definition) is 2. The van der Waals surface area contributed by atoms with Crippen LogP contribution in [0.15, 0.2) is 68.5 Å². The molecule has 0 aliphatic carbocycles. The van der Waals surface area contributed by atoms with Gasteiger partial charge in [-0.1, -0.05) is 36.0 Å². The number of nitrogens with two attached hydrogens (primary N) is 2. The van der Waals surface area contributed by atoms with Gasteiger partial charge in [0.1, 0.15) is 5.75 Å². The van der Waals surface area contributed by atoms with Gasteiger partial charge in [0.15, 0.2) is 0 Å². The van der Waals surface area contributed by atoms with Crippen molar-refractivity contribution in [3.63, 3.8) is 0 Å². The molecule has 0 atom stereocenters. The Bertz CT molecular complexity index is 666. The van der Waals surface area contributed by atoms with Crippen LogP contribution in [0.25, 0.3) is 0 Å². The highest BCUT2D eigenvalue weighted by molar-refractivity contribution is 7.99. The van der Waals surface area contributed by atoms with Crippen molar-refractivity contribution < 1.29 is 4.74 Å². The van der Waals surface area contributed by atoms with E-state index in [9.17, 15) is 0 Å². The van der Waals surface area contributed by atoms with E-state index in [4.69, 9.17) is 16.2 Å². The molecule has 6 heteroatoms. The molecule has 0 fully saturated rings. The van der Waals surface area contributed by atoms with Gasteiger partial charge in [-0.15, -0.1) is 5.10 Å². The van der Waals surface area contributed by atoms with Gasteiger partial charge in [-0.05, 0) is 24.3 Å². The maximum atomic E-state index is 5.25. The summed E-state index contributed by atoms with van der Waals surface area (Å²) in [5, 5.41) is 7.46. The first kappa shape index (κ1) is 14.9. The molecule has 0 unspecified atom stereocenters. The van der Waals surface area contributed by atoms with Gasteiger partial charge >= 0.3 is 0 Å². The first-order valence-corrected chi connectivity index (χ1v) is 7.03. The Hall–Kier alpha value is -2.47. The fraction of sp³-hybridized carbons (Fsp3) is 0.0667. The molecular formula is C15H16N4OS. The lowest BCUT2D eigenvalue weighted by Gasteiger charge is -2.06. The second-order valence-electron chi connectivity index (χ2n) is 4.09. The highest BCUT2D eigenvalue weighted by Crippen LogP contribution is 2.31. The lowest BCUT2D eigenvalue weighted by molar-refractivity contribution is 0.413. The number of methoxy groups -OCH3 is 1. The maximum Gasteiger partial charge on any atom is 0.211 e. The Kier molecular flexibility index (Phi) is 5.22. The molecule has 0 aliphatic rings. The topological polar surface area (TPSA) is 86.0 Å². The fourth-order valence-corrected chi connectivity index (χ4v) is 2.59. The molecule has 0 saturated heterocycles. The zero-order chi connectivity index (χ0) is 15.1. The van der Waals surface area contributed by atoms with Crippen LogP contribution in [-0.2, 0) is 0 Å². The van der Waals surface area contributed by atoms with Gasteiger partial charge in [-0.25, -0.2) is 0 Å². The van der Waals surface area contributed by atoms with E-state index < -0.39 is 0 Å². The van der Waals surface area contributed by atoms with Crippen LogP contribution in [0.3, 0.4) is 0 Å². The number of rotatable bonds is 5. The first-order valence-electron chi connectivity index (χ1n) is 6.22. The fourth-order valence-electron chi connectivity index (χ4n) is 1.63. The molecule has 0 heterocycles. The molecule has 2 aromatic carbocycles. The lowest BCUT2D eigenvalue weighted by atomic mass is 10.2. The Morgan fingerprint density at radius 2 is 1.95 bits per heavy atom. The minimum absolute atomic E-state index is 0.0656. The molecule has 4 N–H and O–H groups in total. The zero-order valence-electron chi connectivity index (χ0n) is 11.6. The van der Waals surface area contributed by atoms with Gasteiger partial charge in [-0.3, -0.25) is 0 Å². The average molecular weight is 300 g/mol. The Labute approximate surface area is 127 Å². The molecule has 0 aromatic heterocycles. The Morgan fingerprint density at radius 1 is 1.14 bits per heavy atom. The number of nitrogens with zero attached hydrogens (tertiary/aromatic N) is 2. The van der Waals surface area contributed by atoms with Crippen LogP contribution in [0.2, 0.25) is 0 Å².